The van der Waals surface area contributed by atoms with E-state index in [1.165, 1.54) is 88.6 Å². The maximum atomic E-state index is 6.14. The molecule has 2 aliphatic rings. The number of hydrogen-bond donors (Lipinski definition) is 0. The van der Waals surface area contributed by atoms with Crippen molar-refractivity contribution in [1.29, 1.82) is 0 Å². The number of fused-ring (bicyclic) bond motifs is 11. The summed E-state index contributed by atoms with van der Waals surface area (Å²) in [6.07, 6.45) is 6.37. The summed E-state index contributed by atoms with van der Waals surface area (Å²) >= 11 is 0. The highest BCUT2D eigenvalue weighted by Gasteiger charge is 2.17. The molecule has 0 N–H and O–H groups in total. The summed E-state index contributed by atoms with van der Waals surface area (Å²) in [7, 11) is 0. The molecule has 9 rings (SSSR count). The highest BCUT2D eigenvalue weighted by molar-refractivity contribution is 6.35. The van der Waals surface area contributed by atoms with E-state index in [4.69, 9.17) is 18.9 Å². The summed E-state index contributed by atoms with van der Waals surface area (Å²) < 4.78 is 23.9. The van der Waals surface area contributed by atoms with E-state index in [1.54, 1.807) is 0 Å². The van der Waals surface area contributed by atoms with E-state index in [9.17, 15) is 0 Å². The fourth-order valence-corrected chi connectivity index (χ4v) is 7.68. The van der Waals surface area contributed by atoms with Crippen LogP contribution in [0.3, 0.4) is 0 Å². The average molecular weight is 607 g/mol. The number of rotatable bonds is 6. The third kappa shape index (κ3) is 5.10. The summed E-state index contributed by atoms with van der Waals surface area (Å²) in [5.41, 5.74) is 2.36. The quantitative estimate of drug-likeness (QED) is 0.177. The highest BCUT2D eigenvalue weighted by Crippen LogP contribution is 2.42. The molecule has 7 aromatic rings. The third-order valence-corrected chi connectivity index (χ3v) is 10.0. The lowest BCUT2D eigenvalue weighted by molar-refractivity contribution is -0.169. The van der Waals surface area contributed by atoms with Crippen molar-refractivity contribution < 1.29 is 18.9 Å². The monoisotopic (exact) mass is 606 g/mol. The predicted octanol–water partition coefficient (Wildman–Crippen LogP) is 10.7. The predicted molar refractivity (Wildman–Crippen MR) is 188 cm³/mol. The third-order valence-electron chi connectivity index (χ3n) is 10.0. The Balaban J connectivity index is 1.19. The van der Waals surface area contributed by atoms with Crippen molar-refractivity contribution in [3.05, 3.63) is 108 Å². The normalized spacial score (nSPS) is 19.2. The molecule has 2 aliphatic heterocycles. The van der Waals surface area contributed by atoms with Gasteiger partial charge in [0.05, 0.1) is 13.2 Å². The van der Waals surface area contributed by atoms with Gasteiger partial charge in [-0.15, -0.1) is 0 Å². The number of hydrogen-bond acceptors (Lipinski definition) is 4. The van der Waals surface area contributed by atoms with E-state index in [1.807, 2.05) is 0 Å². The summed E-state index contributed by atoms with van der Waals surface area (Å²) in [6, 6.07) is 36.3. The Morgan fingerprint density at radius 3 is 1.22 bits per heavy atom. The smallest absolute Gasteiger partial charge is 0.158 e. The van der Waals surface area contributed by atoms with Crippen LogP contribution >= 0.6 is 0 Å². The molecule has 2 fully saturated rings. The maximum absolute atomic E-state index is 6.14. The summed E-state index contributed by atoms with van der Waals surface area (Å²) in [4.78, 5) is 0. The van der Waals surface area contributed by atoms with Gasteiger partial charge in [0.25, 0.3) is 0 Å². The van der Waals surface area contributed by atoms with E-state index >= 15 is 0 Å². The van der Waals surface area contributed by atoms with Gasteiger partial charge >= 0.3 is 0 Å². The van der Waals surface area contributed by atoms with E-state index in [0.29, 0.717) is 13.2 Å². The molecule has 46 heavy (non-hydrogen) atoms. The fraction of sp³-hybridized carbons (Fsp3) is 0.286. The summed E-state index contributed by atoms with van der Waals surface area (Å²) in [5, 5.41) is 15.3. The standard InChI is InChI=1S/C42H38O4/c1-3-21-43-37(5-1)45-25-27-7-19-35-33(23-27)17-15-29-9-11-31-13-14-32-12-10-30-16-18-34-24-28(26-46-38-6-2-4-22-44-38)8-20-36(34)40(30)42(32)41(31)39(29)35/h7-20,23-24,37-38H,1-6,21-22,25-26H2. The molecule has 0 radical (unpaired) electrons. The molecule has 0 amide bonds. The van der Waals surface area contributed by atoms with E-state index in [-0.39, 0.29) is 12.6 Å². The molecule has 0 aromatic heterocycles. The molecule has 2 atom stereocenters. The Labute approximate surface area is 268 Å². The van der Waals surface area contributed by atoms with Gasteiger partial charge in [-0.25, -0.2) is 0 Å². The molecule has 4 nitrogen and oxygen atoms in total. The van der Waals surface area contributed by atoms with Gasteiger partial charge < -0.3 is 18.9 Å². The van der Waals surface area contributed by atoms with E-state index in [0.717, 1.165) is 38.9 Å². The lowest BCUT2D eigenvalue weighted by atomic mass is 9.88. The lowest BCUT2D eigenvalue weighted by Crippen LogP contribution is -2.21. The number of ether oxygens (including phenoxy) is 4. The van der Waals surface area contributed by atoms with Crippen LogP contribution in [0.2, 0.25) is 0 Å². The van der Waals surface area contributed by atoms with Crippen LogP contribution in [0.5, 0.6) is 0 Å². The molecule has 2 saturated heterocycles. The van der Waals surface area contributed by atoms with Gasteiger partial charge in [-0.05, 0) is 126 Å². The van der Waals surface area contributed by atoms with Gasteiger partial charge in [0.15, 0.2) is 12.6 Å². The van der Waals surface area contributed by atoms with Crippen LogP contribution in [0, 0.1) is 0 Å². The molecule has 4 heteroatoms. The molecule has 230 valence electrons. The highest BCUT2D eigenvalue weighted by atomic mass is 16.7. The van der Waals surface area contributed by atoms with Crippen molar-refractivity contribution in [2.75, 3.05) is 13.2 Å². The molecule has 7 aromatic carbocycles. The Bertz CT molecular complexity index is 2070. The summed E-state index contributed by atoms with van der Waals surface area (Å²) in [5.74, 6) is 0. The van der Waals surface area contributed by atoms with Crippen LogP contribution in [-0.4, -0.2) is 25.8 Å². The summed E-state index contributed by atoms with van der Waals surface area (Å²) in [6.45, 7) is 2.72. The van der Waals surface area contributed by atoms with Gasteiger partial charge in [-0.2, -0.15) is 0 Å². The zero-order valence-electron chi connectivity index (χ0n) is 26.1. The van der Waals surface area contributed by atoms with Crippen molar-refractivity contribution in [2.45, 2.75) is 64.3 Å². The van der Waals surface area contributed by atoms with Gasteiger partial charge in [-0.3, -0.25) is 0 Å². The second kappa shape index (κ2) is 11.9. The first-order valence-corrected chi connectivity index (χ1v) is 16.9. The molecule has 2 heterocycles. The SMILES string of the molecule is c1cc2c(ccc3ccc4ccc5ccc6ccc7cc(COC8CCCCO8)ccc7c6c5c4c32)cc1COC1CCCCO1. The van der Waals surface area contributed by atoms with E-state index < -0.39 is 0 Å². The van der Waals surface area contributed by atoms with Crippen LogP contribution < -0.4 is 0 Å². The van der Waals surface area contributed by atoms with Crippen LogP contribution in [0.15, 0.2) is 97.1 Å². The minimum absolute atomic E-state index is 0.0889. The topological polar surface area (TPSA) is 36.9 Å². The van der Waals surface area contributed by atoms with Gasteiger partial charge in [-0.1, -0.05) is 84.9 Å². The minimum Gasteiger partial charge on any atom is -0.353 e. The average Bonchev–Trinajstić information content (AvgIpc) is 3.12. The van der Waals surface area contributed by atoms with Crippen molar-refractivity contribution >= 4 is 64.6 Å². The van der Waals surface area contributed by atoms with Crippen LogP contribution in [0.25, 0.3) is 64.6 Å². The van der Waals surface area contributed by atoms with Crippen molar-refractivity contribution in [1.82, 2.24) is 0 Å². The first-order chi connectivity index (χ1) is 22.8. The molecule has 0 spiro atoms. The maximum Gasteiger partial charge on any atom is 0.158 e. The Morgan fingerprint density at radius 1 is 0.435 bits per heavy atom. The van der Waals surface area contributed by atoms with Gasteiger partial charge in [0.2, 0.25) is 0 Å². The Kier molecular flexibility index (Phi) is 7.32. The van der Waals surface area contributed by atoms with E-state index in [2.05, 4.69) is 97.1 Å². The van der Waals surface area contributed by atoms with Gasteiger partial charge in [0, 0.05) is 13.2 Å². The molecule has 0 aliphatic carbocycles. The molecule has 2 unspecified atom stereocenters. The number of benzene rings is 7. The Morgan fingerprint density at radius 2 is 0.826 bits per heavy atom. The zero-order valence-corrected chi connectivity index (χ0v) is 26.1. The van der Waals surface area contributed by atoms with Crippen molar-refractivity contribution in [3.8, 4) is 0 Å². The first-order valence-electron chi connectivity index (χ1n) is 16.9. The van der Waals surface area contributed by atoms with Gasteiger partial charge in [0.1, 0.15) is 0 Å². The van der Waals surface area contributed by atoms with Crippen molar-refractivity contribution in [2.24, 2.45) is 0 Å². The first kappa shape index (κ1) is 28.2. The molecular weight excluding hydrogens is 568 g/mol. The van der Waals surface area contributed by atoms with Crippen LogP contribution in [0.1, 0.15) is 49.7 Å². The fourth-order valence-electron chi connectivity index (χ4n) is 7.68. The molecule has 0 saturated carbocycles. The second-order valence-corrected chi connectivity index (χ2v) is 13.0. The van der Waals surface area contributed by atoms with Crippen molar-refractivity contribution in [3.63, 3.8) is 0 Å². The largest absolute Gasteiger partial charge is 0.353 e. The minimum atomic E-state index is -0.0889. The molecular formula is C42H38O4. The lowest BCUT2D eigenvalue weighted by Gasteiger charge is -2.22. The zero-order chi connectivity index (χ0) is 30.5. The Hall–Kier alpha value is -4.06. The second-order valence-electron chi connectivity index (χ2n) is 13.0. The van der Waals surface area contributed by atoms with Crippen LogP contribution in [-0.2, 0) is 32.2 Å². The molecule has 0 bridgehead atoms. The van der Waals surface area contributed by atoms with Crippen LogP contribution in [0.4, 0.5) is 0 Å².